The monoisotopic (exact) mass is 488 g/mol. The van der Waals surface area contributed by atoms with Crippen LogP contribution >= 0.6 is 15.9 Å². The SMILES string of the molecule is CCOC(=O)N/N=C(\C)C(C(=O)OCC)C(N=Nc1ccccc1)c1ccc(Br)cc1. The van der Waals surface area contributed by atoms with Crippen LogP contribution in [0.15, 0.2) is 74.4 Å². The molecule has 0 radical (unpaired) electrons. The van der Waals surface area contributed by atoms with Crippen LogP contribution in [0.5, 0.6) is 0 Å². The van der Waals surface area contributed by atoms with E-state index in [9.17, 15) is 9.59 Å². The summed E-state index contributed by atoms with van der Waals surface area (Å²) >= 11 is 3.41. The molecule has 9 heteroatoms. The smallest absolute Gasteiger partial charge is 0.427 e. The summed E-state index contributed by atoms with van der Waals surface area (Å²) in [5.41, 5.74) is 3.99. The first-order chi connectivity index (χ1) is 15.0. The molecule has 0 saturated carbocycles. The Hall–Kier alpha value is -3.07. The zero-order valence-corrected chi connectivity index (χ0v) is 19.2. The van der Waals surface area contributed by atoms with E-state index in [1.807, 2.05) is 54.6 Å². The van der Waals surface area contributed by atoms with Gasteiger partial charge in [-0.2, -0.15) is 15.3 Å². The number of azo groups is 1. The number of ether oxygens (including phenoxy) is 2. The Morgan fingerprint density at radius 1 is 1.00 bits per heavy atom. The van der Waals surface area contributed by atoms with Crippen molar-refractivity contribution in [2.24, 2.45) is 21.2 Å². The molecule has 2 atom stereocenters. The third-order valence-electron chi connectivity index (χ3n) is 4.17. The number of hydrogen-bond donors (Lipinski definition) is 1. The van der Waals surface area contributed by atoms with Gasteiger partial charge in [0.2, 0.25) is 0 Å². The van der Waals surface area contributed by atoms with Crippen molar-refractivity contribution >= 4 is 39.4 Å². The van der Waals surface area contributed by atoms with Gasteiger partial charge in [0.05, 0.1) is 24.6 Å². The largest absolute Gasteiger partial charge is 0.465 e. The summed E-state index contributed by atoms with van der Waals surface area (Å²) in [6, 6.07) is 15.9. The maximum Gasteiger partial charge on any atom is 0.427 e. The maximum absolute atomic E-state index is 12.9. The van der Waals surface area contributed by atoms with E-state index in [0.717, 1.165) is 10.0 Å². The van der Waals surface area contributed by atoms with Gasteiger partial charge in [0.1, 0.15) is 12.0 Å². The van der Waals surface area contributed by atoms with E-state index in [4.69, 9.17) is 9.47 Å². The summed E-state index contributed by atoms with van der Waals surface area (Å²) in [6.07, 6.45) is -0.712. The van der Waals surface area contributed by atoms with Crippen molar-refractivity contribution in [2.45, 2.75) is 26.8 Å². The molecule has 0 aliphatic heterocycles. The van der Waals surface area contributed by atoms with Gasteiger partial charge >= 0.3 is 12.1 Å². The van der Waals surface area contributed by atoms with Crippen LogP contribution in [0.3, 0.4) is 0 Å². The topological polar surface area (TPSA) is 102 Å². The molecule has 31 heavy (non-hydrogen) atoms. The van der Waals surface area contributed by atoms with E-state index in [1.165, 1.54) is 0 Å². The lowest BCUT2D eigenvalue weighted by Crippen LogP contribution is -2.32. The first-order valence-corrected chi connectivity index (χ1v) is 10.6. The highest BCUT2D eigenvalue weighted by molar-refractivity contribution is 9.10. The molecule has 0 aromatic heterocycles. The van der Waals surface area contributed by atoms with Crippen LogP contribution in [-0.2, 0) is 14.3 Å². The van der Waals surface area contributed by atoms with Crippen molar-refractivity contribution in [3.8, 4) is 0 Å². The number of halogens is 1. The highest BCUT2D eigenvalue weighted by Gasteiger charge is 2.34. The number of amides is 1. The minimum absolute atomic E-state index is 0.191. The standard InChI is InChI=1S/C22H25BrN4O4/c1-4-30-21(28)19(15(3)24-27-22(29)31-5-2)20(16-11-13-17(23)14-12-16)26-25-18-9-7-6-8-10-18/h6-14,19-20H,4-5H2,1-3H3,(H,27,29)/b24-15+,26-25?. The third kappa shape index (κ3) is 7.60. The summed E-state index contributed by atoms with van der Waals surface area (Å²) < 4.78 is 11.0. The number of benzene rings is 2. The Labute approximate surface area is 189 Å². The van der Waals surface area contributed by atoms with Crippen LogP contribution in [0.2, 0.25) is 0 Å². The predicted octanol–water partition coefficient (Wildman–Crippen LogP) is 5.58. The Kier molecular flexibility index (Phi) is 9.83. The number of hydrogen-bond acceptors (Lipinski definition) is 7. The van der Waals surface area contributed by atoms with Crippen LogP contribution in [-0.4, -0.2) is 31.0 Å². The number of nitrogens with one attached hydrogen (secondary N) is 1. The zero-order chi connectivity index (χ0) is 22.6. The van der Waals surface area contributed by atoms with Gasteiger partial charge in [0.15, 0.2) is 0 Å². The average molecular weight is 489 g/mol. The number of rotatable bonds is 9. The van der Waals surface area contributed by atoms with Crippen LogP contribution in [0.4, 0.5) is 10.5 Å². The van der Waals surface area contributed by atoms with E-state index in [-0.39, 0.29) is 13.2 Å². The van der Waals surface area contributed by atoms with Crippen molar-refractivity contribution in [2.75, 3.05) is 13.2 Å². The molecule has 0 aliphatic rings. The van der Waals surface area contributed by atoms with Crippen LogP contribution in [0, 0.1) is 5.92 Å². The van der Waals surface area contributed by atoms with Gasteiger partial charge in [-0.15, -0.1) is 0 Å². The number of hydrazone groups is 1. The Bertz CT molecular complexity index is 917. The summed E-state index contributed by atoms with van der Waals surface area (Å²) in [5, 5.41) is 12.8. The Morgan fingerprint density at radius 3 is 2.26 bits per heavy atom. The number of carbonyl (C=O) groups excluding carboxylic acids is 2. The van der Waals surface area contributed by atoms with Gasteiger partial charge in [-0.25, -0.2) is 10.2 Å². The molecule has 1 amide bonds. The van der Waals surface area contributed by atoms with Crippen molar-refractivity contribution in [3.63, 3.8) is 0 Å². The lowest BCUT2D eigenvalue weighted by molar-refractivity contribution is -0.146. The number of nitrogens with zero attached hydrogens (tertiary/aromatic N) is 3. The normalized spacial score (nSPS) is 13.5. The van der Waals surface area contributed by atoms with Gasteiger partial charge in [0, 0.05) is 4.47 Å². The molecular formula is C22H25BrN4O4. The van der Waals surface area contributed by atoms with Crippen molar-refractivity contribution in [1.29, 1.82) is 0 Å². The van der Waals surface area contributed by atoms with Crippen molar-refractivity contribution in [1.82, 2.24) is 5.43 Å². The van der Waals surface area contributed by atoms with Crippen LogP contribution in [0.25, 0.3) is 0 Å². The van der Waals surface area contributed by atoms with Gasteiger partial charge in [-0.05, 0) is 50.6 Å². The molecule has 0 heterocycles. The molecule has 0 fully saturated rings. The van der Waals surface area contributed by atoms with E-state index in [0.29, 0.717) is 11.4 Å². The fraction of sp³-hybridized carbons (Fsp3) is 0.318. The highest BCUT2D eigenvalue weighted by atomic mass is 79.9. The molecule has 2 aromatic rings. The second-order valence-electron chi connectivity index (χ2n) is 6.36. The molecule has 1 N–H and O–H groups in total. The molecular weight excluding hydrogens is 464 g/mol. The number of esters is 1. The summed E-state index contributed by atoms with van der Waals surface area (Å²) in [5.74, 6) is -1.43. The molecule has 0 spiro atoms. The molecule has 164 valence electrons. The maximum atomic E-state index is 12.9. The third-order valence-corrected chi connectivity index (χ3v) is 4.70. The minimum atomic E-state index is -0.907. The molecule has 0 bridgehead atoms. The molecule has 2 aromatic carbocycles. The first kappa shape index (κ1) is 24.2. The number of carbonyl (C=O) groups is 2. The minimum Gasteiger partial charge on any atom is -0.465 e. The lowest BCUT2D eigenvalue weighted by atomic mass is 9.90. The van der Waals surface area contributed by atoms with Crippen molar-refractivity contribution in [3.05, 3.63) is 64.6 Å². The Balaban J connectivity index is 2.47. The highest BCUT2D eigenvalue weighted by Crippen LogP contribution is 2.31. The summed E-state index contributed by atoms with van der Waals surface area (Å²) in [4.78, 5) is 24.5. The summed E-state index contributed by atoms with van der Waals surface area (Å²) in [6.45, 7) is 5.42. The second kappa shape index (κ2) is 12.6. The lowest BCUT2D eigenvalue weighted by Gasteiger charge is -2.22. The van der Waals surface area contributed by atoms with Crippen LogP contribution < -0.4 is 5.43 Å². The zero-order valence-electron chi connectivity index (χ0n) is 17.6. The second-order valence-corrected chi connectivity index (χ2v) is 7.28. The van der Waals surface area contributed by atoms with E-state index < -0.39 is 24.0 Å². The molecule has 0 saturated heterocycles. The molecule has 8 nitrogen and oxygen atoms in total. The van der Waals surface area contributed by atoms with Gasteiger partial charge < -0.3 is 9.47 Å². The Morgan fingerprint density at radius 2 is 1.65 bits per heavy atom. The van der Waals surface area contributed by atoms with Gasteiger partial charge in [0.25, 0.3) is 0 Å². The van der Waals surface area contributed by atoms with Crippen LogP contribution in [0.1, 0.15) is 32.4 Å². The van der Waals surface area contributed by atoms with Crippen molar-refractivity contribution < 1.29 is 19.1 Å². The molecule has 0 aliphatic carbocycles. The molecule has 2 unspecified atom stereocenters. The fourth-order valence-electron chi connectivity index (χ4n) is 2.74. The van der Waals surface area contributed by atoms with Gasteiger partial charge in [-0.3, -0.25) is 4.79 Å². The molecule has 2 rings (SSSR count). The summed E-state index contributed by atoms with van der Waals surface area (Å²) in [7, 11) is 0. The predicted molar refractivity (Wildman–Crippen MR) is 121 cm³/mol. The fourth-order valence-corrected chi connectivity index (χ4v) is 3.00. The van der Waals surface area contributed by atoms with E-state index in [2.05, 4.69) is 36.7 Å². The average Bonchev–Trinajstić information content (AvgIpc) is 2.76. The van der Waals surface area contributed by atoms with E-state index in [1.54, 1.807) is 20.8 Å². The quantitative estimate of drug-likeness (QED) is 0.215. The first-order valence-electron chi connectivity index (χ1n) is 9.81. The van der Waals surface area contributed by atoms with Gasteiger partial charge in [-0.1, -0.05) is 46.3 Å². The van der Waals surface area contributed by atoms with E-state index >= 15 is 0 Å².